The number of amides is 1. The minimum absolute atomic E-state index is 0.0820. The monoisotopic (exact) mass is 340 g/mol. The number of hydrogen-bond acceptors (Lipinski definition) is 5. The molecule has 0 aromatic heterocycles. The van der Waals surface area contributed by atoms with Gasteiger partial charge in [-0.25, -0.2) is 13.2 Å². The molecule has 0 aliphatic carbocycles. The lowest BCUT2D eigenvalue weighted by atomic mass is 10.2. The maximum absolute atomic E-state index is 12.4. The van der Waals surface area contributed by atoms with Gasteiger partial charge in [0.25, 0.3) is 0 Å². The summed E-state index contributed by atoms with van der Waals surface area (Å²) in [4.78, 5) is 25.3. The predicted molar refractivity (Wildman–Crippen MR) is 83.4 cm³/mol. The number of hydrogen-bond donors (Lipinski definition) is 1. The van der Waals surface area contributed by atoms with Gasteiger partial charge in [0.05, 0.1) is 23.6 Å². The van der Waals surface area contributed by atoms with Gasteiger partial charge in [-0.05, 0) is 38.0 Å². The second-order valence-electron chi connectivity index (χ2n) is 5.39. The molecular formula is C15H20N2O5S. The summed E-state index contributed by atoms with van der Waals surface area (Å²) in [5.41, 5.74) is 0.133. The number of likely N-dealkylation sites (tertiary alicyclic amines) is 1. The lowest BCUT2D eigenvalue weighted by molar-refractivity contribution is -0.131. The van der Waals surface area contributed by atoms with E-state index in [2.05, 4.69) is 9.46 Å². The number of carbonyl (C=O) groups excluding carboxylic acids is 2. The molecule has 0 unspecified atom stereocenters. The van der Waals surface area contributed by atoms with Crippen molar-refractivity contribution in [3.8, 4) is 0 Å². The zero-order chi connectivity index (χ0) is 17.0. The fourth-order valence-electron chi connectivity index (χ4n) is 2.47. The molecule has 0 bridgehead atoms. The van der Waals surface area contributed by atoms with Crippen LogP contribution in [0.25, 0.3) is 0 Å². The van der Waals surface area contributed by atoms with E-state index in [4.69, 9.17) is 0 Å². The number of carbonyl (C=O) groups is 2. The van der Waals surface area contributed by atoms with Crippen molar-refractivity contribution in [3.63, 3.8) is 0 Å². The van der Waals surface area contributed by atoms with Crippen molar-refractivity contribution < 1.29 is 22.7 Å². The summed E-state index contributed by atoms with van der Waals surface area (Å²) in [7, 11) is -2.68. The first kappa shape index (κ1) is 17.4. The van der Waals surface area contributed by atoms with Gasteiger partial charge in [0, 0.05) is 13.1 Å². The van der Waals surface area contributed by atoms with E-state index in [-0.39, 0.29) is 16.4 Å². The molecule has 126 valence electrons. The van der Waals surface area contributed by atoms with E-state index in [1.807, 2.05) is 0 Å². The molecule has 0 radical (unpaired) electrons. The Morgan fingerprint density at radius 3 is 2.52 bits per heavy atom. The van der Waals surface area contributed by atoms with Crippen molar-refractivity contribution in [2.75, 3.05) is 20.2 Å². The summed E-state index contributed by atoms with van der Waals surface area (Å²) in [6, 6.07) is 4.64. The molecule has 1 saturated heterocycles. The van der Waals surface area contributed by atoms with Crippen LogP contribution in [0.15, 0.2) is 29.2 Å². The molecule has 1 atom stereocenters. The number of rotatable bonds is 5. The lowest BCUT2D eigenvalue weighted by Gasteiger charge is -2.21. The molecule has 1 amide bonds. The number of benzene rings is 1. The van der Waals surface area contributed by atoms with E-state index in [1.165, 1.54) is 38.3 Å². The van der Waals surface area contributed by atoms with Gasteiger partial charge in [-0.3, -0.25) is 4.79 Å². The molecule has 1 fully saturated rings. The van der Waals surface area contributed by atoms with Gasteiger partial charge in [0.2, 0.25) is 15.9 Å². The Kier molecular flexibility index (Phi) is 5.38. The fraction of sp³-hybridized carbons (Fsp3) is 0.467. The molecule has 1 heterocycles. The number of sulfonamides is 1. The molecule has 1 aliphatic rings. The van der Waals surface area contributed by atoms with Crippen LogP contribution < -0.4 is 4.72 Å². The van der Waals surface area contributed by atoms with Crippen molar-refractivity contribution in [3.05, 3.63) is 29.8 Å². The van der Waals surface area contributed by atoms with Crippen molar-refractivity contribution in [1.82, 2.24) is 9.62 Å². The van der Waals surface area contributed by atoms with E-state index in [0.717, 1.165) is 12.8 Å². The van der Waals surface area contributed by atoms with Gasteiger partial charge >= 0.3 is 5.97 Å². The van der Waals surface area contributed by atoms with Crippen LogP contribution >= 0.6 is 0 Å². The Morgan fingerprint density at radius 2 is 1.91 bits per heavy atom. The third-order valence-electron chi connectivity index (χ3n) is 3.69. The Morgan fingerprint density at radius 1 is 1.26 bits per heavy atom. The summed E-state index contributed by atoms with van der Waals surface area (Å²) in [6.07, 6.45) is 1.87. The average molecular weight is 340 g/mol. The topological polar surface area (TPSA) is 92.8 Å². The van der Waals surface area contributed by atoms with Crippen LogP contribution in [0.5, 0.6) is 0 Å². The smallest absolute Gasteiger partial charge is 0.337 e. The number of esters is 1. The van der Waals surface area contributed by atoms with E-state index in [9.17, 15) is 18.0 Å². The molecule has 2 rings (SSSR count). The summed E-state index contributed by atoms with van der Waals surface area (Å²) >= 11 is 0. The van der Waals surface area contributed by atoms with Crippen molar-refractivity contribution in [2.24, 2.45) is 0 Å². The Hall–Kier alpha value is -1.93. The zero-order valence-electron chi connectivity index (χ0n) is 13.1. The van der Waals surface area contributed by atoms with Crippen molar-refractivity contribution >= 4 is 21.9 Å². The molecule has 1 N–H and O–H groups in total. The maximum Gasteiger partial charge on any atom is 0.337 e. The fourth-order valence-corrected chi connectivity index (χ4v) is 3.71. The summed E-state index contributed by atoms with van der Waals surface area (Å²) in [6.45, 7) is 2.83. The summed E-state index contributed by atoms with van der Waals surface area (Å²) in [5.74, 6) is -0.863. The molecule has 1 aromatic rings. The van der Waals surface area contributed by atoms with Gasteiger partial charge < -0.3 is 9.64 Å². The third kappa shape index (κ3) is 4.08. The second-order valence-corrected chi connectivity index (χ2v) is 7.11. The van der Waals surface area contributed by atoms with Gasteiger partial charge in [-0.15, -0.1) is 0 Å². The third-order valence-corrected chi connectivity index (χ3v) is 5.22. The molecule has 1 aliphatic heterocycles. The highest BCUT2D eigenvalue weighted by Gasteiger charge is 2.27. The first-order chi connectivity index (χ1) is 10.8. The molecule has 23 heavy (non-hydrogen) atoms. The normalized spacial score (nSPS) is 16.2. The Bertz CT molecular complexity index is 696. The van der Waals surface area contributed by atoms with Crippen LogP contribution in [0.1, 0.15) is 30.1 Å². The van der Waals surface area contributed by atoms with Crippen LogP contribution in [0.3, 0.4) is 0 Å². The highest BCUT2D eigenvalue weighted by molar-refractivity contribution is 7.89. The number of methoxy groups -OCH3 is 1. The van der Waals surface area contributed by atoms with Crippen LogP contribution in [0.2, 0.25) is 0 Å². The van der Waals surface area contributed by atoms with E-state index < -0.39 is 22.0 Å². The van der Waals surface area contributed by atoms with Crippen LogP contribution in [-0.4, -0.2) is 51.4 Å². The minimum Gasteiger partial charge on any atom is -0.465 e. The van der Waals surface area contributed by atoms with E-state index in [0.29, 0.717) is 13.1 Å². The van der Waals surface area contributed by atoms with Crippen LogP contribution in [0, 0.1) is 0 Å². The molecule has 0 spiro atoms. The largest absolute Gasteiger partial charge is 0.465 e. The number of ether oxygens (including phenoxy) is 1. The zero-order valence-corrected chi connectivity index (χ0v) is 13.9. The Labute approximate surface area is 135 Å². The first-order valence-corrected chi connectivity index (χ1v) is 8.83. The van der Waals surface area contributed by atoms with Crippen molar-refractivity contribution in [1.29, 1.82) is 0 Å². The standard InChI is InChI=1S/C15H20N2O5S/c1-11(14(18)17-8-3-4-9-17)16-23(20,21)13-7-5-6-12(10-13)15(19)22-2/h5-7,10-11,16H,3-4,8-9H2,1-2H3/t11-/m1/s1. The number of nitrogens with one attached hydrogen (secondary N) is 1. The lowest BCUT2D eigenvalue weighted by Crippen LogP contribution is -2.45. The van der Waals surface area contributed by atoms with E-state index >= 15 is 0 Å². The van der Waals surface area contributed by atoms with Crippen LogP contribution in [0.4, 0.5) is 0 Å². The highest BCUT2D eigenvalue weighted by Crippen LogP contribution is 2.14. The van der Waals surface area contributed by atoms with Crippen LogP contribution in [-0.2, 0) is 19.6 Å². The quantitative estimate of drug-likeness (QED) is 0.799. The second kappa shape index (κ2) is 7.10. The van der Waals surface area contributed by atoms with Gasteiger partial charge in [0.1, 0.15) is 0 Å². The summed E-state index contributed by atoms with van der Waals surface area (Å²) < 4.78 is 31.7. The van der Waals surface area contributed by atoms with Gasteiger partial charge in [-0.2, -0.15) is 4.72 Å². The van der Waals surface area contributed by atoms with Gasteiger partial charge in [0.15, 0.2) is 0 Å². The predicted octanol–water partition coefficient (Wildman–Crippen LogP) is 0.762. The SMILES string of the molecule is COC(=O)c1cccc(S(=O)(=O)N[C@H](C)C(=O)N2CCCC2)c1. The van der Waals surface area contributed by atoms with E-state index in [1.54, 1.807) is 4.90 Å². The van der Waals surface area contributed by atoms with Crippen molar-refractivity contribution in [2.45, 2.75) is 30.7 Å². The van der Waals surface area contributed by atoms with Gasteiger partial charge in [-0.1, -0.05) is 6.07 Å². The first-order valence-electron chi connectivity index (χ1n) is 7.34. The highest BCUT2D eigenvalue weighted by atomic mass is 32.2. The Balaban J connectivity index is 2.15. The summed E-state index contributed by atoms with van der Waals surface area (Å²) in [5, 5.41) is 0. The minimum atomic E-state index is -3.90. The molecule has 7 nitrogen and oxygen atoms in total. The molecular weight excluding hydrogens is 320 g/mol. The number of nitrogens with zero attached hydrogens (tertiary/aromatic N) is 1. The molecule has 8 heteroatoms. The molecule has 1 aromatic carbocycles. The maximum atomic E-state index is 12.4. The molecule has 0 saturated carbocycles. The average Bonchev–Trinajstić information content (AvgIpc) is 3.07.